The first-order valence-corrected chi connectivity index (χ1v) is 4.04. The second-order valence-electron chi connectivity index (χ2n) is 3.00. The highest BCUT2D eigenvalue weighted by atomic mass is 16.5. The Labute approximate surface area is 68.9 Å². The predicted octanol–water partition coefficient (Wildman–Crippen LogP) is 1.94. The average molecular weight is 158 g/mol. The Morgan fingerprint density at radius 1 is 1.45 bits per heavy atom. The van der Waals surface area contributed by atoms with Gasteiger partial charge >= 0.3 is 0 Å². The van der Waals surface area contributed by atoms with Gasteiger partial charge in [-0.1, -0.05) is 13.8 Å². The Balaban J connectivity index is 3.31. The Morgan fingerprint density at radius 2 is 2.09 bits per heavy atom. The Morgan fingerprint density at radius 3 is 2.55 bits per heavy atom. The molecule has 0 saturated heterocycles. The largest absolute Gasteiger partial charge is 0.505 e. The van der Waals surface area contributed by atoms with Crippen LogP contribution < -0.4 is 0 Å². The molecular formula is C9H18O2. The summed E-state index contributed by atoms with van der Waals surface area (Å²) < 4.78 is 4.72. The normalized spacial score (nSPS) is 14.3. The highest BCUT2D eigenvalue weighted by molar-refractivity contribution is 4.75. The standard InChI is InChI=1S/C9H18O2/c1-8(2)9(10)6-4-5-7-11-3/h5,7-10H,4,6H2,1-3H3/b7-5+. The van der Waals surface area contributed by atoms with Crippen LogP contribution in [0.2, 0.25) is 0 Å². The zero-order valence-corrected chi connectivity index (χ0v) is 7.58. The SMILES string of the molecule is CO/C=C/CCC(O)C(C)C. The zero-order valence-electron chi connectivity index (χ0n) is 7.58. The summed E-state index contributed by atoms with van der Waals surface area (Å²) in [5.41, 5.74) is 0. The predicted molar refractivity (Wildman–Crippen MR) is 46.2 cm³/mol. The topological polar surface area (TPSA) is 29.5 Å². The van der Waals surface area contributed by atoms with Gasteiger partial charge in [-0.15, -0.1) is 0 Å². The third-order valence-corrected chi connectivity index (χ3v) is 1.63. The number of rotatable bonds is 5. The first kappa shape index (κ1) is 10.5. The first-order chi connectivity index (χ1) is 5.18. The fourth-order valence-corrected chi connectivity index (χ4v) is 0.765. The molecule has 0 spiro atoms. The van der Waals surface area contributed by atoms with Gasteiger partial charge in [-0.25, -0.2) is 0 Å². The van der Waals surface area contributed by atoms with E-state index in [2.05, 4.69) is 0 Å². The number of aliphatic hydroxyl groups is 1. The first-order valence-electron chi connectivity index (χ1n) is 4.04. The van der Waals surface area contributed by atoms with E-state index in [1.54, 1.807) is 13.4 Å². The van der Waals surface area contributed by atoms with Gasteiger partial charge in [-0.3, -0.25) is 0 Å². The van der Waals surface area contributed by atoms with Gasteiger partial charge in [0.1, 0.15) is 0 Å². The molecule has 1 unspecified atom stereocenters. The molecule has 0 rings (SSSR count). The molecule has 1 N–H and O–H groups in total. The van der Waals surface area contributed by atoms with Crippen molar-refractivity contribution in [1.82, 2.24) is 0 Å². The molecule has 0 heterocycles. The van der Waals surface area contributed by atoms with Gasteiger partial charge in [0.2, 0.25) is 0 Å². The van der Waals surface area contributed by atoms with Crippen molar-refractivity contribution in [2.45, 2.75) is 32.8 Å². The van der Waals surface area contributed by atoms with E-state index in [4.69, 9.17) is 4.74 Å². The molecule has 0 aromatic heterocycles. The zero-order chi connectivity index (χ0) is 8.69. The van der Waals surface area contributed by atoms with Crippen LogP contribution in [0.3, 0.4) is 0 Å². The van der Waals surface area contributed by atoms with Crippen molar-refractivity contribution in [1.29, 1.82) is 0 Å². The maximum Gasteiger partial charge on any atom is 0.0784 e. The van der Waals surface area contributed by atoms with E-state index >= 15 is 0 Å². The molecule has 2 heteroatoms. The molecule has 0 saturated carbocycles. The summed E-state index contributed by atoms with van der Waals surface area (Å²) in [6, 6.07) is 0. The maximum absolute atomic E-state index is 9.35. The number of hydrogen-bond acceptors (Lipinski definition) is 2. The van der Waals surface area contributed by atoms with Crippen LogP contribution in [0.4, 0.5) is 0 Å². The fraction of sp³-hybridized carbons (Fsp3) is 0.778. The van der Waals surface area contributed by atoms with E-state index in [0.29, 0.717) is 5.92 Å². The van der Waals surface area contributed by atoms with Crippen LogP contribution in [-0.2, 0) is 4.74 Å². The van der Waals surface area contributed by atoms with Crippen molar-refractivity contribution in [2.24, 2.45) is 5.92 Å². The van der Waals surface area contributed by atoms with Gasteiger partial charge in [-0.2, -0.15) is 0 Å². The Bertz CT molecular complexity index is 108. The maximum atomic E-state index is 9.35. The lowest BCUT2D eigenvalue weighted by Gasteiger charge is -2.12. The minimum atomic E-state index is -0.184. The molecule has 0 aliphatic rings. The summed E-state index contributed by atoms with van der Waals surface area (Å²) >= 11 is 0. The molecule has 0 aromatic carbocycles. The smallest absolute Gasteiger partial charge is 0.0784 e. The van der Waals surface area contributed by atoms with E-state index in [0.717, 1.165) is 12.8 Å². The van der Waals surface area contributed by atoms with Crippen LogP contribution in [-0.4, -0.2) is 18.3 Å². The van der Waals surface area contributed by atoms with Crippen molar-refractivity contribution in [2.75, 3.05) is 7.11 Å². The van der Waals surface area contributed by atoms with E-state index in [1.807, 2.05) is 19.9 Å². The van der Waals surface area contributed by atoms with Crippen LogP contribution in [0, 0.1) is 5.92 Å². The van der Waals surface area contributed by atoms with E-state index in [1.165, 1.54) is 0 Å². The van der Waals surface area contributed by atoms with E-state index in [-0.39, 0.29) is 6.10 Å². The molecule has 0 aliphatic carbocycles. The third-order valence-electron chi connectivity index (χ3n) is 1.63. The monoisotopic (exact) mass is 158 g/mol. The average Bonchev–Trinajstić information content (AvgIpc) is 1.97. The van der Waals surface area contributed by atoms with Gasteiger partial charge < -0.3 is 9.84 Å². The quantitative estimate of drug-likeness (QED) is 0.620. The van der Waals surface area contributed by atoms with E-state index in [9.17, 15) is 5.11 Å². The molecule has 11 heavy (non-hydrogen) atoms. The lowest BCUT2D eigenvalue weighted by Crippen LogP contribution is -2.13. The second kappa shape index (κ2) is 6.23. The number of methoxy groups -OCH3 is 1. The van der Waals surface area contributed by atoms with Crippen molar-refractivity contribution < 1.29 is 9.84 Å². The molecule has 66 valence electrons. The lowest BCUT2D eigenvalue weighted by atomic mass is 10.0. The molecule has 0 bridgehead atoms. The van der Waals surface area contributed by atoms with Gasteiger partial charge in [0.15, 0.2) is 0 Å². The van der Waals surface area contributed by atoms with Crippen molar-refractivity contribution >= 4 is 0 Å². The summed E-state index contributed by atoms with van der Waals surface area (Å²) in [5, 5.41) is 9.35. The number of aliphatic hydroxyl groups excluding tert-OH is 1. The Hall–Kier alpha value is -0.500. The van der Waals surface area contributed by atoms with Crippen LogP contribution in [0.25, 0.3) is 0 Å². The summed E-state index contributed by atoms with van der Waals surface area (Å²) in [7, 11) is 1.62. The van der Waals surface area contributed by atoms with Gasteiger partial charge in [-0.05, 0) is 24.8 Å². The fourth-order valence-electron chi connectivity index (χ4n) is 0.765. The molecule has 0 radical (unpaired) electrons. The van der Waals surface area contributed by atoms with Crippen molar-refractivity contribution in [3.8, 4) is 0 Å². The van der Waals surface area contributed by atoms with Gasteiger partial charge in [0, 0.05) is 0 Å². The van der Waals surface area contributed by atoms with Gasteiger partial charge in [0.05, 0.1) is 19.5 Å². The van der Waals surface area contributed by atoms with Crippen molar-refractivity contribution in [3.05, 3.63) is 12.3 Å². The molecule has 0 fully saturated rings. The Kier molecular flexibility index (Phi) is 5.94. The lowest BCUT2D eigenvalue weighted by molar-refractivity contribution is 0.117. The summed E-state index contributed by atoms with van der Waals surface area (Å²) in [6.45, 7) is 4.04. The molecule has 0 aromatic rings. The van der Waals surface area contributed by atoms with Crippen LogP contribution in [0.1, 0.15) is 26.7 Å². The number of ether oxygens (including phenoxy) is 1. The minimum Gasteiger partial charge on any atom is -0.505 e. The van der Waals surface area contributed by atoms with E-state index < -0.39 is 0 Å². The molecule has 0 aliphatic heterocycles. The number of allylic oxidation sites excluding steroid dienone is 1. The minimum absolute atomic E-state index is 0.184. The van der Waals surface area contributed by atoms with Crippen LogP contribution in [0.5, 0.6) is 0 Å². The van der Waals surface area contributed by atoms with Crippen LogP contribution >= 0.6 is 0 Å². The number of hydrogen-bond donors (Lipinski definition) is 1. The highest BCUT2D eigenvalue weighted by Crippen LogP contribution is 2.07. The highest BCUT2D eigenvalue weighted by Gasteiger charge is 2.06. The summed E-state index contributed by atoms with van der Waals surface area (Å²) in [5.74, 6) is 0.353. The van der Waals surface area contributed by atoms with Gasteiger partial charge in [0.25, 0.3) is 0 Å². The molecule has 0 amide bonds. The molecule has 1 atom stereocenters. The second-order valence-corrected chi connectivity index (χ2v) is 3.00. The van der Waals surface area contributed by atoms with Crippen molar-refractivity contribution in [3.63, 3.8) is 0 Å². The molecular weight excluding hydrogens is 140 g/mol. The van der Waals surface area contributed by atoms with Crippen LogP contribution in [0.15, 0.2) is 12.3 Å². The third kappa shape index (κ3) is 5.92. The summed E-state index contributed by atoms with van der Waals surface area (Å²) in [6.07, 6.45) is 5.08. The summed E-state index contributed by atoms with van der Waals surface area (Å²) in [4.78, 5) is 0. The molecule has 2 nitrogen and oxygen atoms in total.